The molecule has 1 aliphatic heterocycles. The van der Waals surface area contributed by atoms with Gasteiger partial charge in [-0.15, -0.1) is 0 Å². The molecule has 0 atom stereocenters. The van der Waals surface area contributed by atoms with Crippen molar-refractivity contribution < 1.29 is 9.90 Å². The quantitative estimate of drug-likeness (QED) is 0.698. The van der Waals surface area contributed by atoms with Crippen molar-refractivity contribution in [3.63, 3.8) is 0 Å². The van der Waals surface area contributed by atoms with E-state index in [0.29, 0.717) is 5.92 Å². The third-order valence-corrected chi connectivity index (χ3v) is 1.90. The number of hydrogen-bond donors (Lipinski definition) is 1. The van der Waals surface area contributed by atoms with Crippen LogP contribution in [0.1, 0.15) is 26.7 Å². The van der Waals surface area contributed by atoms with E-state index in [1.807, 2.05) is 0 Å². The van der Waals surface area contributed by atoms with E-state index in [4.69, 9.17) is 5.11 Å². The van der Waals surface area contributed by atoms with Gasteiger partial charge in [0.1, 0.15) is 5.76 Å². The van der Waals surface area contributed by atoms with Crippen LogP contribution in [-0.2, 0) is 4.79 Å². The Kier molecular flexibility index (Phi) is 2.74. The van der Waals surface area contributed by atoms with Crippen LogP contribution in [-0.4, -0.2) is 22.5 Å². The van der Waals surface area contributed by atoms with E-state index >= 15 is 0 Å². The van der Waals surface area contributed by atoms with Gasteiger partial charge in [-0.25, -0.2) is 0 Å². The van der Waals surface area contributed by atoms with E-state index in [1.54, 1.807) is 4.90 Å². The molecule has 1 rings (SSSR count). The highest BCUT2D eigenvalue weighted by Gasteiger charge is 2.20. The van der Waals surface area contributed by atoms with Crippen molar-refractivity contribution in [1.29, 1.82) is 0 Å². The maximum Gasteiger partial charge on any atom is 0.234 e. The lowest BCUT2D eigenvalue weighted by Crippen LogP contribution is -2.22. The largest absolute Gasteiger partial charge is 0.510 e. The van der Waals surface area contributed by atoms with Crippen LogP contribution in [0.2, 0.25) is 0 Å². The molecule has 0 aromatic rings. The third kappa shape index (κ3) is 2.26. The van der Waals surface area contributed by atoms with E-state index in [2.05, 4.69) is 13.8 Å². The van der Waals surface area contributed by atoms with Crippen molar-refractivity contribution in [3.8, 4) is 0 Å². The second kappa shape index (κ2) is 3.61. The van der Waals surface area contributed by atoms with Crippen LogP contribution in [0.3, 0.4) is 0 Å². The van der Waals surface area contributed by atoms with Crippen molar-refractivity contribution in [2.75, 3.05) is 6.54 Å². The zero-order chi connectivity index (χ0) is 9.14. The maximum atomic E-state index is 11.1. The fourth-order valence-electron chi connectivity index (χ4n) is 1.14. The van der Waals surface area contributed by atoms with Gasteiger partial charge < -0.3 is 10.0 Å². The molecule has 0 saturated carbocycles. The molecule has 0 aliphatic carbocycles. The molecule has 1 heterocycles. The van der Waals surface area contributed by atoms with Gasteiger partial charge in [0.25, 0.3) is 0 Å². The second-order valence-electron chi connectivity index (χ2n) is 3.57. The van der Waals surface area contributed by atoms with Gasteiger partial charge >= 0.3 is 0 Å². The molecule has 3 heteroatoms. The maximum absolute atomic E-state index is 11.1. The Morgan fingerprint density at radius 2 is 2.33 bits per heavy atom. The molecule has 1 N–H and O–H groups in total. The summed E-state index contributed by atoms with van der Waals surface area (Å²) in [6.07, 6.45) is 2.69. The summed E-state index contributed by atoms with van der Waals surface area (Å²) in [5.74, 6) is 0.783. The van der Waals surface area contributed by atoms with Gasteiger partial charge in [-0.1, -0.05) is 13.8 Å². The number of carbonyl (C=O) groups excluding carboxylic acids is 1. The Hall–Kier alpha value is -0.990. The first-order chi connectivity index (χ1) is 5.59. The second-order valence-corrected chi connectivity index (χ2v) is 3.57. The summed E-state index contributed by atoms with van der Waals surface area (Å²) < 4.78 is 0. The number of carbonyl (C=O) groups is 1. The van der Waals surface area contributed by atoms with E-state index in [1.165, 1.54) is 6.20 Å². The SMILES string of the molecule is CC(C)CCN1C=C(O)CC1=O. The summed E-state index contributed by atoms with van der Waals surface area (Å²) in [5, 5.41) is 9.03. The first-order valence-corrected chi connectivity index (χ1v) is 4.28. The van der Waals surface area contributed by atoms with Crippen LogP contribution < -0.4 is 0 Å². The predicted molar refractivity (Wildman–Crippen MR) is 46.5 cm³/mol. The minimum Gasteiger partial charge on any atom is -0.510 e. The standard InChI is InChI=1S/C9H15NO2/c1-7(2)3-4-10-6-8(11)5-9(10)12/h6-7,11H,3-5H2,1-2H3. The van der Waals surface area contributed by atoms with Crippen LogP contribution in [0.25, 0.3) is 0 Å². The number of nitrogens with zero attached hydrogens (tertiary/aromatic N) is 1. The highest BCUT2D eigenvalue weighted by molar-refractivity contribution is 5.82. The lowest BCUT2D eigenvalue weighted by atomic mass is 10.1. The topological polar surface area (TPSA) is 40.5 Å². The van der Waals surface area contributed by atoms with E-state index in [0.717, 1.165) is 13.0 Å². The highest BCUT2D eigenvalue weighted by atomic mass is 16.3. The first-order valence-electron chi connectivity index (χ1n) is 4.28. The summed E-state index contributed by atoms with van der Waals surface area (Å²) in [6.45, 7) is 4.95. The molecular formula is C9H15NO2. The first kappa shape index (κ1) is 9.10. The zero-order valence-electron chi connectivity index (χ0n) is 7.58. The number of aliphatic hydroxyl groups excluding tert-OH is 1. The van der Waals surface area contributed by atoms with Gasteiger partial charge in [-0.3, -0.25) is 4.79 Å². The Morgan fingerprint density at radius 3 is 2.75 bits per heavy atom. The Morgan fingerprint density at radius 1 is 1.67 bits per heavy atom. The average Bonchev–Trinajstić information content (AvgIpc) is 2.26. The van der Waals surface area contributed by atoms with Gasteiger partial charge in [0.2, 0.25) is 5.91 Å². The summed E-state index contributed by atoms with van der Waals surface area (Å²) in [7, 11) is 0. The van der Waals surface area contributed by atoms with Crippen molar-refractivity contribution >= 4 is 5.91 Å². The Bertz CT molecular complexity index is 209. The molecule has 0 aromatic heterocycles. The van der Waals surface area contributed by atoms with Gasteiger partial charge in [-0.2, -0.15) is 0 Å². The van der Waals surface area contributed by atoms with Gasteiger partial charge in [0.05, 0.1) is 6.42 Å². The van der Waals surface area contributed by atoms with E-state index < -0.39 is 0 Å². The molecule has 68 valence electrons. The third-order valence-electron chi connectivity index (χ3n) is 1.90. The normalized spacial score (nSPS) is 17.4. The van der Waals surface area contributed by atoms with Crippen LogP contribution in [0.15, 0.2) is 12.0 Å². The molecule has 0 aromatic carbocycles. The van der Waals surface area contributed by atoms with Crippen LogP contribution >= 0.6 is 0 Å². The molecule has 0 radical (unpaired) electrons. The van der Waals surface area contributed by atoms with Crippen molar-refractivity contribution in [3.05, 3.63) is 12.0 Å². The molecule has 0 saturated heterocycles. The van der Waals surface area contributed by atoms with Crippen LogP contribution in [0, 0.1) is 5.92 Å². The number of rotatable bonds is 3. The summed E-state index contributed by atoms with van der Waals surface area (Å²) in [4.78, 5) is 12.7. The van der Waals surface area contributed by atoms with E-state index in [-0.39, 0.29) is 18.1 Å². The fraction of sp³-hybridized carbons (Fsp3) is 0.667. The van der Waals surface area contributed by atoms with Crippen molar-refractivity contribution in [2.45, 2.75) is 26.7 Å². The fourth-order valence-corrected chi connectivity index (χ4v) is 1.14. The predicted octanol–water partition coefficient (Wildman–Crippen LogP) is 1.66. The minimum absolute atomic E-state index is 0.00755. The summed E-state index contributed by atoms with van der Waals surface area (Å²) in [6, 6.07) is 0. The lowest BCUT2D eigenvalue weighted by molar-refractivity contribution is -0.126. The molecule has 12 heavy (non-hydrogen) atoms. The lowest BCUT2D eigenvalue weighted by Gasteiger charge is -2.13. The Labute approximate surface area is 72.7 Å². The number of hydrogen-bond acceptors (Lipinski definition) is 2. The molecule has 3 nitrogen and oxygen atoms in total. The zero-order valence-corrected chi connectivity index (χ0v) is 7.58. The molecular weight excluding hydrogens is 154 g/mol. The van der Waals surface area contributed by atoms with Gasteiger partial charge in [0.15, 0.2) is 0 Å². The summed E-state index contributed by atoms with van der Waals surface area (Å²) in [5.41, 5.74) is 0. The van der Waals surface area contributed by atoms with Gasteiger partial charge in [-0.05, 0) is 12.3 Å². The molecule has 0 fully saturated rings. The molecule has 1 amide bonds. The smallest absolute Gasteiger partial charge is 0.234 e. The van der Waals surface area contributed by atoms with Crippen molar-refractivity contribution in [1.82, 2.24) is 4.90 Å². The summed E-state index contributed by atoms with van der Waals surface area (Å²) >= 11 is 0. The van der Waals surface area contributed by atoms with Crippen molar-refractivity contribution in [2.24, 2.45) is 5.92 Å². The van der Waals surface area contributed by atoms with Crippen LogP contribution in [0.5, 0.6) is 0 Å². The highest BCUT2D eigenvalue weighted by Crippen LogP contribution is 2.14. The number of aliphatic hydroxyl groups is 1. The van der Waals surface area contributed by atoms with Crippen LogP contribution in [0.4, 0.5) is 0 Å². The minimum atomic E-state index is 0.00755. The molecule has 0 unspecified atom stereocenters. The Balaban J connectivity index is 2.37. The van der Waals surface area contributed by atoms with Gasteiger partial charge in [0, 0.05) is 12.7 Å². The molecule has 1 aliphatic rings. The van der Waals surface area contributed by atoms with E-state index in [9.17, 15) is 4.79 Å². The molecule has 0 bridgehead atoms. The number of amides is 1. The monoisotopic (exact) mass is 169 g/mol. The average molecular weight is 169 g/mol. The molecule has 0 spiro atoms.